The van der Waals surface area contributed by atoms with Gasteiger partial charge in [0.15, 0.2) is 6.61 Å². The van der Waals surface area contributed by atoms with Crippen molar-refractivity contribution in [2.45, 2.75) is 52.5 Å². The number of likely N-dealkylation sites (tertiary alicyclic amines) is 1. The summed E-state index contributed by atoms with van der Waals surface area (Å²) in [6.07, 6.45) is 4.12. The summed E-state index contributed by atoms with van der Waals surface area (Å²) in [5.41, 5.74) is 2.61. The maximum atomic E-state index is 12.6. The van der Waals surface area contributed by atoms with E-state index in [4.69, 9.17) is 4.74 Å². The van der Waals surface area contributed by atoms with Crippen LogP contribution in [0.4, 0.5) is 0 Å². The van der Waals surface area contributed by atoms with Crippen LogP contribution in [0.25, 0.3) is 5.69 Å². The van der Waals surface area contributed by atoms with Gasteiger partial charge in [-0.3, -0.25) is 4.79 Å². The van der Waals surface area contributed by atoms with Crippen molar-refractivity contribution in [3.05, 3.63) is 47.3 Å². The first-order valence-electron chi connectivity index (χ1n) is 9.61. The Balaban J connectivity index is 1.70. The molecule has 0 spiro atoms. The standard InChI is InChI=1S/C21H27N3O3/c1-4-17-10-8-9-13-23(17)19(25)14-27-21(26)20-15(2)22-24(16(20)3)18-11-6-5-7-12-18/h5-7,11-12,17H,4,8-10,13-14H2,1-3H3/t17-/m1/s1. The molecule has 1 aliphatic rings. The predicted octanol–water partition coefficient (Wildman–Crippen LogP) is 3.44. The van der Waals surface area contributed by atoms with E-state index in [1.54, 1.807) is 11.6 Å². The normalized spacial score (nSPS) is 17.0. The topological polar surface area (TPSA) is 64.4 Å². The summed E-state index contributed by atoms with van der Waals surface area (Å²) in [7, 11) is 0. The molecule has 6 heteroatoms. The molecule has 0 radical (unpaired) electrons. The summed E-state index contributed by atoms with van der Waals surface area (Å²) in [5.74, 6) is -0.605. The van der Waals surface area contributed by atoms with Crippen molar-refractivity contribution < 1.29 is 14.3 Å². The molecular formula is C21H27N3O3. The highest BCUT2D eigenvalue weighted by molar-refractivity contribution is 5.93. The molecule has 0 bridgehead atoms. The van der Waals surface area contributed by atoms with E-state index in [2.05, 4.69) is 12.0 Å². The number of carbonyl (C=O) groups is 2. The SMILES string of the molecule is CC[C@@H]1CCCCN1C(=O)COC(=O)c1c(C)nn(-c2ccccc2)c1C. The molecule has 2 heterocycles. The first-order valence-corrected chi connectivity index (χ1v) is 9.61. The maximum Gasteiger partial charge on any atom is 0.342 e. The van der Waals surface area contributed by atoms with Crippen molar-refractivity contribution in [1.29, 1.82) is 0 Å². The van der Waals surface area contributed by atoms with Gasteiger partial charge in [-0.2, -0.15) is 5.10 Å². The Morgan fingerprint density at radius 2 is 1.93 bits per heavy atom. The smallest absolute Gasteiger partial charge is 0.342 e. The van der Waals surface area contributed by atoms with Gasteiger partial charge in [-0.15, -0.1) is 0 Å². The van der Waals surface area contributed by atoms with Gasteiger partial charge in [0.25, 0.3) is 5.91 Å². The van der Waals surface area contributed by atoms with E-state index in [1.165, 1.54) is 0 Å². The molecule has 1 aliphatic heterocycles. The number of amides is 1. The summed E-state index contributed by atoms with van der Waals surface area (Å²) in [4.78, 5) is 27.0. The molecule has 0 aliphatic carbocycles. The number of esters is 1. The number of rotatable bonds is 5. The first kappa shape index (κ1) is 19.1. The third kappa shape index (κ3) is 4.04. The van der Waals surface area contributed by atoms with Crippen molar-refractivity contribution in [2.75, 3.05) is 13.2 Å². The van der Waals surface area contributed by atoms with Gasteiger partial charge < -0.3 is 9.64 Å². The Kier molecular flexibility index (Phi) is 5.94. The highest BCUT2D eigenvalue weighted by Gasteiger charge is 2.27. The summed E-state index contributed by atoms with van der Waals surface area (Å²) in [6, 6.07) is 9.89. The number of piperidine rings is 1. The van der Waals surface area contributed by atoms with Crippen molar-refractivity contribution in [2.24, 2.45) is 0 Å². The molecule has 27 heavy (non-hydrogen) atoms. The van der Waals surface area contributed by atoms with Crippen LogP contribution in [0, 0.1) is 13.8 Å². The highest BCUT2D eigenvalue weighted by atomic mass is 16.5. The van der Waals surface area contributed by atoms with Crippen LogP contribution in [0.15, 0.2) is 30.3 Å². The van der Waals surface area contributed by atoms with Crippen molar-refractivity contribution >= 4 is 11.9 Å². The molecule has 1 amide bonds. The molecule has 1 atom stereocenters. The van der Waals surface area contributed by atoms with Crippen LogP contribution in [0.1, 0.15) is 54.4 Å². The number of ether oxygens (including phenoxy) is 1. The second kappa shape index (κ2) is 8.37. The number of aryl methyl sites for hydroxylation is 1. The average molecular weight is 369 g/mol. The number of nitrogens with zero attached hydrogens (tertiary/aromatic N) is 3. The summed E-state index contributed by atoms with van der Waals surface area (Å²) in [6.45, 7) is 6.24. The maximum absolute atomic E-state index is 12.6. The van der Waals surface area contributed by atoms with Crippen LogP contribution in [-0.2, 0) is 9.53 Å². The molecule has 1 aromatic carbocycles. The van der Waals surface area contributed by atoms with Gasteiger partial charge in [0, 0.05) is 12.6 Å². The Hall–Kier alpha value is -2.63. The minimum absolute atomic E-state index is 0.111. The molecule has 0 saturated carbocycles. The zero-order chi connectivity index (χ0) is 19.4. The fraction of sp³-hybridized carbons (Fsp3) is 0.476. The number of para-hydroxylation sites is 1. The molecule has 1 aromatic heterocycles. The van der Waals surface area contributed by atoms with Crippen molar-refractivity contribution in [3.8, 4) is 5.69 Å². The van der Waals surface area contributed by atoms with Crippen LogP contribution < -0.4 is 0 Å². The number of aromatic nitrogens is 2. The summed E-state index contributed by atoms with van der Waals surface area (Å²) >= 11 is 0. The van der Waals surface area contributed by atoms with Crippen molar-refractivity contribution in [3.63, 3.8) is 0 Å². The molecule has 1 saturated heterocycles. The van der Waals surface area contributed by atoms with Crippen LogP contribution in [-0.4, -0.2) is 45.8 Å². The van der Waals surface area contributed by atoms with E-state index < -0.39 is 5.97 Å². The monoisotopic (exact) mass is 369 g/mol. The summed E-state index contributed by atoms with van der Waals surface area (Å²) in [5, 5.41) is 4.46. The number of hydrogen-bond acceptors (Lipinski definition) is 4. The van der Waals surface area contributed by atoms with Gasteiger partial charge in [0.1, 0.15) is 5.56 Å². The third-order valence-corrected chi connectivity index (χ3v) is 5.24. The van der Waals surface area contributed by atoms with Crippen molar-refractivity contribution in [1.82, 2.24) is 14.7 Å². The van der Waals surface area contributed by atoms with E-state index >= 15 is 0 Å². The third-order valence-electron chi connectivity index (χ3n) is 5.24. The second-order valence-electron chi connectivity index (χ2n) is 7.01. The lowest BCUT2D eigenvalue weighted by Gasteiger charge is -2.35. The lowest BCUT2D eigenvalue weighted by atomic mass is 10.00. The predicted molar refractivity (Wildman–Crippen MR) is 103 cm³/mol. The molecule has 3 rings (SSSR count). The van der Waals surface area contributed by atoms with E-state index in [9.17, 15) is 9.59 Å². The molecule has 0 unspecified atom stereocenters. The van der Waals surface area contributed by atoms with Crippen LogP contribution >= 0.6 is 0 Å². The Bertz CT molecular complexity index is 814. The quantitative estimate of drug-likeness (QED) is 0.758. The largest absolute Gasteiger partial charge is 0.452 e. The Labute approximate surface area is 160 Å². The lowest BCUT2D eigenvalue weighted by molar-refractivity contribution is -0.138. The molecule has 144 valence electrons. The van der Waals surface area contributed by atoms with Gasteiger partial charge in [0.2, 0.25) is 0 Å². The molecule has 2 aromatic rings. The fourth-order valence-electron chi connectivity index (χ4n) is 3.79. The Morgan fingerprint density at radius 1 is 1.19 bits per heavy atom. The second-order valence-corrected chi connectivity index (χ2v) is 7.01. The van der Waals surface area contributed by atoms with E-state index in [0.717, 1.165) is 37.9 Å². The van der Waals surface area contributed by atoms with E-state index in [0.29, 0.717) is 17.0 Å². The minimum atomic E-state index is -0.495. The zero-order valence-corrected chi connectivity index (χ0v) is 16.3. The zero-order valence-electron chi connectivity index (χ0n) is 16.3. The molecule has 0 N–H and O–H groups in total. The first-order chi connectivity index (χ1) is 13.0. The fourth-order valence-corrected chi connectivity index (χ4v) is 3.79. The summed E-state index contributed by atoms with van der Waals surface area (Å²) < 4.78 is 7.09. The number of benzene rings is 1. The van der Waals surface area contributed by atoms with Gasteiger partial charge in [-0.25, -0.2) is 9.48 Å². The van der Waals surface area contributed by atoms with Gasteiger partial charge in [0.05, 0.1) is 17.1 Å². The molecular weight excluding hydrogens is 342 g/mol. The molecule has 6 nitrogen and oxygen atoms in total. The van der Waals surface area contributed by atoms with Gasteiger partial charge >= 0.3 is 5.97 Å². The highest BCUT2D eigenvalue weighted by Crippen LogP contribution is 2.21. The van der Waals surface area contributed by atoms with Crippen LogP contribution in [0.2, 0.25) is 0 Å². The lowest BCUT2D eigenvalue weighted by Crippen LogP contribution is -2.45. The van der Waals surface area contributed by atoms with Gasteiger partial charge in [-0.05, 0) is 51.7 Å². The molecule has 1 fully saturated rings. The number of hydrogen-bond donors (Lipinski definition) is 0. The van der Waals surface area contributed by atoms with Crippen LogP contribution in [0.3, 0.4) is 0 Å². The average Bonchev–Trinajstić information content (AvgIpc) is 3.00. The van der Waals surface area contributed by atoms with E-state index in [-0.39, 0.29) is 18.6 Å². The minimum Gasteiger partial charge on any atom is -0.452 e. The van der Waals surface area contributed by atoms with Crippen LogP contribution in [0.5, 0.6) is 0 Å². The number of carbonyl (C=O) groups excluding carboxylic acids is 2. The van der Waals surface area contributed by atoms with E-state index in [1.807, 2.05) is 42.2 Å². The Morgan fingerprint density at radius 3 is 2.63 bits per heavy atom. The van der Waals surface area contributed by atoms with Gasteiger partial charge in [-0.1, -0.05) is 25.1 Å².